The summed E-state index contributed by atoms with van der Waals surface area (Å²) in [6, 6.07) is -0.158. The van der Waals surface area contributed by atoms with Crippen LogP contribution in [-0.2, 0) is 4.79 Å². The minimum absolute atomic E-state index is 0.00979. The smallest absolute Gasteiger partial charge is 0.220 e. The summed E-state index contributed by atoms with van der Waals surface area (Å²) in [5.74, 6) is 5.72. The van der Waals surface area contributed by atoms with Gasteiger partial charge in [0.15, 0.2) is 6.19 Å². The summed E-state index contributed by atoms with van der Waals surface area (Å²) in [7, 11) is 0. The SMILES string of the molecule is CCC(=O)NC(C)C#CCN(C#N)CC. The van der Waals surface area contributed by atoms with Gasteiger partial charge in [-0.25, -0.2) is 0 Å². The maximum absolute atomic E-state index is 11.0. The van der Waals surface area contributed by atoms with Crippen molar-refractivity contribution in [3.05, 3.63) is 0 Å². The number of nitrogens with zero attached hydrogens (tertiary/aromatic N) is 2. The zero-order chi connectivity index (χ0) is 11.7. The third-order valence-corrected chi connectivity index (χ3v) is 1.81. The normalized spacial score (nSPS) is 10.5. The fraction of sp³-hybridized carbons (Fsp3) is 0.636. The molecule has 0 aromatic rings. The van der Waals surface area contributed by atoms with E-state index in [1.54, 1.807) is 11.8 Å². The van der Waals surface area contributed by atoms with Gasteiger partial charge in [0.05, 0.1) is 12.6 Å². The molecule has 0 aliphatic carbocycles. The molecule has 0 saturated heterocycles. The first-order chi connectivity index (χ1) is 7.13. The highest BCUT2D eigenvalue weighted by molar-refractivity contribution is 5.76. The van der Waals surface area contributed by atoms with Crippen LogP contribution in [0, 0.1) is 23.3 Å². The monoisotopic (exact) mass is 207 g/mol. The molecular weight excluding hydrogens is 190 g/mol. The summed E-state index contributed by atoms with van der Waals surface area (Å²) in [4.78, 5) is 12.5. The van der Waals surface area contributed by atoms with Gasteiger partial charge in [-0.2, -0.15) is 5.26 Å². The maximum atomic E-state index is 11.0. The van der Waals surface area contributed by atoms with E-state index in [1.807, 2.05) is 20.0 Å². The summed E-state index contributed by atoms with van der Waals surface area (Å²) in [5, 5.41) is 11.3. The molecular formula is C11H17N3O. The Hall–Kier alpha value is -1.68. The van der Waals surface area contributed by atoms with E-state index in [2.05, 4.69) is 17.2 Å². The van der Waals surface area contributed by atoms with Crippen molar-refractivity contribution in [3.8, 4) is 18.0 Å². The van der Waals surface area contributed by atoms with E-state index in [-0.39, 0.29) is 11.9 Å². The van der Waals surface area contributed by atoms with Gasteiger partial charge in [0.2, 0.25) is 5.91 Å². The zero-order valence-electron chi connectivity index (χ0n) is 9.50. The first-order valence-corrected chi connectivity index (χ1v) is 5.06. The number of nitriles is 1. The van der Waals surface area contributed by atoms with Crippen LogP contribution in [0.4, 0.5) is 0 Å². The molecule has 0 radical (unpaired) electrons. The van der Waals surface area contributed by atoms with E-state index in [0.29, 0.717) is 19.5 Å². The number of nitrogens with one attached hydrogen (secondary N) is 1. The fourth-order valence-electron chi connectivity index (χ4n) is 0.892. The lowest BCUT2D eigenvalue weighted by Gasteiger charge is -2.08. The molecule has 1 atom stereocenters. The molecule has 0 spiro atoms. The van der Waals surface area contributed by atoms with Gasteiger partial charge in [-0.15, -0.1) is 0 Å². The minimum Gasteiger partial charge on any atom is -0.343 e. The van der Waals surface area contributed by atoms with Gasteiger partial charge in [0.25, 0.3) is 0 Å². The van der Waals surface area contributed by atoms with Gasteiger partial charge in [-0.1, -0.05) is 18.8 Å². The van der Waals surface area contributed by atoms with Crippen LogP contribution in [0.3, 0.4) is 0 Å². The van der Waals surface area contributed by atoms with Crippen molar-refractivity contribution in [2.75, 3.05) is 13.1 Å². The Balaban J connectivity index is 3.96. The van der Waals surface area contributed by atoms with Crippen LogP contribution in [-0.4, -0.2) is 29.9 Å². The van der Waals surface area contributed by atoms with Gasteiger partial charge in [-0.05, 0) is 13.8 Å². The highest BCUT2D eigenvalue weighted by atomic mass is 16.1. The average molecular weight is 207 g/mol. The quantitative estimate of drug-likeness (QED) is 0.419. The Morgan fingerprint density at radius 1 is 1.53 bits per heavy atom. The summed E-state index contributed by atoms with van der Waals surface area (Å²) >= 11 is 0. The molecule has 0 aliphatic heterocycles. The van der Waals surface area contributed by atoms with Crippen molar-refractivity contribution in [2.45, 2.75) is 33.2 Å². The predicted octanol–water partition coefficient (Wildman–Crippen LogP) is 0.707. The first-order valence-electron chi connectivity index (χ1n) is 5.06. The Kier molecular flexibility index (Phi) is 6.84. The van der Waals surface area contributed by atoms with Gasteiger partial charge in [0, 0.05) is 13.0 Å². The Bertz CT molecular complexity index is 295. The van der Waals surface area contributed by atoms with E-state index in [1.165, 1.54) is 0 Å². The third kappa shape index (κ3) is 6.40. The van der Waals surface area contributed by atoms with Gasteiger partial charge < -0.3 is 5.32 Å². The Labute approximate surface area is 91.3 Å². The Morgan fingerprint density at radius 2 is 2.20 bits per heavy atom. The first kappa shape index (κ1) is 13.3. The summed E-state index contributed by atoms with van der Waals surface area (Å²) in [6.45, 7) is 6.58. The van der Waals surface area contributed by atoms with E-state index in [9.17, 15) is 4.79 Å². The zero-order valence-corrected chi connectivity index (χ0v) is 9.50. The van der Waals surface area contributed by atoms with Crippen LogP contribution < -0.4 is 5.32 Å². The third-order valence-electron chi connectivity index (χ3n) is 1.81. The van der Waals surface area contributed by atoms with Crippen LogP contribution in [0.1, 0.15) is 27.2 Å². The number of carbonyl (C=O) groups is 1. The minimum atomic E-state index is -0.158. The Morgan fingerprint density at radius 3 is 2.67 bits per heavy atom. The van der Waals surface area contributed by atoms with Gasteiger partial charge in [-0.3, -0.25) is 9.69 Å². The molecule has 82 valence electrons. The van der Waals surface area contributed by atoms with Crippen LogP contribution in [0.5, 0.6) is 0 Å². The lowest BCUT2D eigenvalue weighted by molar-refractivity contribution is -0.121. The molecule has 4 heteroatoms. The van der Waals surface area contributed by atoms with E-state index in [0.717, 1.165) is 0 Å². The van der Waals surface area contributed by atoms with Gasteiger partial charge in [0.1, 0.15) is 0 Å². The molecule has 1 amide bonds. The second-order valence-corrected chi connectivity index (χ2v) is 3.08. The number of hydrogen-bond acceptors (Lipinski definition) is 3. The molecule has 1 unspecified atom stereocenters. The van der Waals surface area contributed by atoms with E-state index in [4.69, 9.17) is 5.26 Å². The second-order valence-electron chi connectivity index (χ2n) is 3.08. The molecule has 0 aliphatic rings. The number of rotatable bonds is 4. The molecule has 1 N–H and O–H groups in total. The lowest BCUT2D eigenvalue weighted by atomic mass is 10.3. The highest BCUT2D eigenvalue weighted by Gasteiger charge is 2.00. The lowest BCUT2D eigenvalue weighted by Crippen LogP contribution is -2.30. The standard InChI is InChI=1S/C11H17N3O/c1-4-11(15)13-10(3)7-6-8-14(5-2)9-12/h10H,4-5,8H2,1-3H3,(H,13,15). The molecule has 0 bridgehead atoms. The number of hydrogen-bond donors (Lipinski definition) is 1. The molecule has 15 heavy (non-hydrogen) atoms. The average Bonchev–Trinajstić information content (AvgIpc) is 2.24. The van der Waals surface area contributed by atoms with Crippen LogP contribution in [0.25, 0.3) is 0 Å². The van der Waals surface area contributed by atoms with Crippen molar-refractivity contribution in [3.63, 3.8) is 0 Å². The topological polar surface area (TPSA) is 56.1 Å². The van der Waals surface area contributed by atoms with Crippen molar-refractivity contribution < 1.29 is 4.79 Å². The maximum Gasteiger partial charge on any atom is 0.220 e. The van der Waals surface area contributed by atoms with Crippen LogP contribution >= 0.6 is 0 Å². The largest absolute Gasteiger partial charge is 0.343 e. The molecule has 0 aromatic heterocycles. The predicted molar refractivity (Wildman–Crippen MR) is 58.5 cm³/mol. The van der Waals surface area contributed by atoms with Crippen molar-refractivity contribution in [1.29, 1.82) is 5.26 Å². The summed E-state index contributed by atoms with van der Waals surface area (Å²) in [5.41, 5.74) is 0. The second kappa shape index (κ2) is 7.70. The van der Waals surface area contributed by atoms with E-state index >= 15 is 0 Å². The summed E-state index contributed by atoms with van der Waals surface area (Å²) in [6.07, 6.45) is 2.48. The van der Waals surface area contributed by atoms with Crippen molar-refractivity contribution >= 4 is 5.91 Å². The van der Waals surface area contributed by atoms with Crippen LogP contribution in [0.15, 0.2) is 0 Å². The van der Waals surface area contributed by atoms with E-state index < -0.39 is 0 Å². The molecule has 4 nitrogen and oxygen atoms in total. The van der Waals surface area contributed by atoms with Crippen molar-refractivity contribution in [1.82, 2.24) is 10.2 Å². The summed E-state index contributed by atoms with van der Waals surface area (Å²) < 4.78 is 0. The molecule has 0 rings (SSSR count). The highest BCUT2D eigenvalue weighted by Crippen LogP contribution is 1.84. The molecule has 0 heterocycles. The van der Waals surface area contributed by atoms with Crippen molar-refractivity contribution in [2.24, 2.45) is 0 Å². The van der Waals surface area contributed by atoms with Crippen LogP contribution in [0.2, 0.25) is 0 Å². The molecule has 0 fully saturated rings. The van der Waals surface area contributed by atoms with Gasteiger partial charge >= 0.3 is 0 Å². The number of amides is 1. The molecule has 0 aromatic carbocycles. The number of carbonyl (C=O) groups excluding carboxylic acids is 1. The molecule has 0 saturated carbocycles. The fourth-order valence-corrected chi connectivity index (χ4v) is 0.892.